The van der Waals surface area contributed by atoms with Crippen molar-refractivity contribution >= 4 is 22.1 Å². The molecule has 0 spiro atoms. The van der Waals surface area contributed by atoms with E-state index in [9.17, 15) is 40.1 Å². The van der Waals surface area contributed by atoms with Crippen LogP contribution in [0.1, 0.15) is 32.1 Å². The first kappa shape index (κ1) is 18.4. The molecule has 4 aliphatic rings. The van der Waals surface area contributed by atoms with E-state index in [1.165, 1.54) is 0 Å². The van der Waals surface area contributed by atoms with Crippen LogP contribution in [0.25, 0.3) is 0 Å². The van der Waals surface area contributed by atoms with Crippen molar-refractivity contribution in [3.8, 4) is 0 Å². The van der Waals surface area contributed by atoms with Gasteiger partial charge in [0.2, 0.25) is 0 Å². The van der Waals surface area contributed by atoms with Crippen LogP contribution in [0.5, 0.6) is 0 Å². The second kappa shape index (κ2) is 5.29. The van der Waals surface area contributed by atoms with Gasteiger partial charge in [-0.15, -0.1) is 0 Å². The van der Waals surface area contributed by atoms with Crippen LogP contribution in [0.4, 0.5) is 17.6 Å². The minimum atomic E-state index is -6.80. The van der Waals surface area contributed by atoms with Gasteiger partial charge in [-0.05, 0) is 25.2 Å². The highest BCUT2D eigenvalue weighted by Gasteiger charge is 2.69. The molecular weight excluding hydrogens is 376 g/mol. The van der Waals surface area contributed by atoms with E-state index in [1.54, 1.807) is 0 Å². The van der Waals surface area contributed by atoms with E-state index in [2.05, 4.69) is 4.74 Å². The second-order valence-electron chi connectivity index (χ2n) is 6.82. The SMILES string of the molecule is O=C1OC2CC3CC1CC(OC(=O)C(F)(F)C(F)(F)S(=O)(=O)[O-])(C3)C2. The molecule has 142 valence electrons. The van der Waals surface area contributed by atoms with Crippen molar-refractivity contribution in [2.45, 2.75) is 55.0 Å². The van der Waals surface area contributed by atoms with E-state index in [0.717, 1.165) is 0 Å². The standard InChI is InChI=1S/C13H14F4O7S/c14-12(15,13(16,17)25(20,21)22)10(19)24-11-3-6-1-7(4-11)9(18)23-8(2-6)5-11/h6-8H,1-5H2,(H,20,21,22)/p-1. The largest absolute Gasteiger partial charge is 0.743 e. The molecule has 25 heavy (non-hydrogen) atoms. The van der Waals surface area contributed by atoms with Gasteiger partial charge in [0.1, 0.15) is 11.7 Å². The number of carbonyl (C=O) groups excluding carboxylic acids is 2. The Morgan fingerprint density at radius 2 is 1.84 bits per heavy atom. The number of hydrogen-bond donors (Lipinski definition) is 0. The van der Waals surface area contributed by atoms with E-state index >= 15 is 0 Å². The fraction of sp³-hybridized carbons (Fsp3) is 0.846. The summed E-state index contributed by atoms with van der Waals surface area (Å²) in [5.41, 5.74) is -1.62. The summed E-state index contributed by atoms with van der Waals surface area (Å²) >= 11 is 0. The summed E-state index contributed by atoms with van der Waals surface area (Å²) in [6.07, 6.45) is -0.0589. The van der Waals surface area contributed by atoms with Crippen LogP contribution < -0.4 is 0 Å². The third-order valence-corrected chi connectivity index (χ3v) is 5.84. The molecule has 4 rings (SSSR count). The van der Waals surface area contributed by atoms with Crippen LogP contribution in [0, 0.1) is 11.8 Å². The number of carbonyl (C=O) groups is 2. The summed E-state index contributed by atoms with van der Waals surface area (Å²) in [7, 11) is -6.80. The smallest absolute Gasteiger partial charge is 0.418 e. The lowest BCUT2D eigenvalue weighted by molar-refractivity contribution is -0.226. The zero-order chi connectivity index (χ0) is 18.8. The Kier molecular flexibility index (Phi) is 3.88. The number of fused-ring (bicyclic) bond motifs is 1. The van der Waals surface area contributed by atoms with Gasteiger partial charge < -0.3 is 14.0 Å². The topological polar surface area (TPSA) is 110 Å². The number of ether oxygens (including phenoxy) is 2. The van der Waals surface area contributed by atoms with Crippen LogP contribution in [0.2, 0.25) is 0 Å². The minimum absolute atomic E-state index is 0.0775. The van der Waals surface area contributed by atoms with Crippen LogP contribution >= 0.6 is 0 Å². The summed E-state index contributed by atoms with van der Waals surface area (Å²) < 4.78 is 94.7. The molecule has 0 aromatic rings. The highest BCUT2D eigenvalue weighted by molar-refractivity contribution is 7.86. The number of hydrogen-bond acceptors (Lipinski definition) is 7. The molecule has 0 amide bonds. The maximum atomic E-state index is 13.7. The Balaban J connectivity index is 1.87. The average Bonchev–Trinajstić information content (AvgIpc) is 2.59. The Bertz CT molecular complexity index is 722. The maximum Gasteiger partial charge on any atom is 0.418 e. The molecule has 0 radical (unpaired) electrons. The minimum Gasteiger partial charge on any atom is -0.743 e. The fourth-order valence-electron chi connectivity index (χ4n) is 4.04. The summed E-state index contributed by atoms with van der Waals surface area (Å²) in [4.78, 5) is 23.5. The molecule has 4 unspecified atom stereocenters. The van der Waals surface area contributed by atoms with E-state index in [1.807, 2.05) is 0 Å². The first-order valence-corrected chi connectivity index (χ1v) is 8.83. The maximum absolute atomic E-state index is 13.7. The Labute approximate surface area is 139 Å². The van der Waals surface area contributed by atoms with Gasteiger partial charge in [0.25, 0.3) is 0 Å². The van der Waals surface area contributed by atoms with Gasteiger partial charge in [0.05, 0.1) is 5.92 Å². The third kappa shape index (κ3) is 2.78. The molecule has 0 aromatic carbocycles. The highest BCUT2D eigenvalue weighted by atomic mass is 32.2. The Hall–Kier alpha value is -1.43. The van der Waals surface area contributed by atoms with Gasteiger partial charge >= 0.3 is 23.1 Å². The summed E-state index contributed by atoms with van der Waals surface area (Å²) in [5.74, 6) is -10.1. The Morgan fingerprint density at radius 1 is 1.20 bits per heavy atom. The molecule has 4 atom stereocenters. The molecule has 2 saturated carbocycles. The molecule has 2 saturated heterocycles. The molecular formula is C13H13F4O7S-. The van der Waals surface area contributed by atoms with Gasteiger partial charge in [-0.1, -0.05) is 0 Å². The van der Waals surface area contributed by atoms with E-state index in [0.29, 0.717) is 12.8 Å². The van der Waals surface area contributed by atoms with Crippen molar-refractivity contribution in [1.82, 2.24) is 0 Å². The normalized spacial score (nSPS) is 35.2. The third-order valence-electron chi connectivity index (χ3n) is 4.95. The second-order valence-corrected chi connectivity index (χ2v) is 8.24. The van der Waals surface area contributed by atoms with Crippen molar-refractivity contribution in [3.63, 3.8) is 0 Å². The van der Waals surface area contributed by atoms with Gasteiger partial charge in [0.15, 0.2) is 10.1 Å². The average molecular weight is 389 g/mol. The van der Waals surface area contributed by atoms with Crippen LogP contribution in [-0.2, 0) is 29.2 Å². The monoisotopic (exact) mass is 389 g/mol. The number of rotatable bonds is 4. The first-order valence-electron chi connectivity index (χ1n) is 7.42. The predicted molar refractivity (Wildman–Crippen MR) is 68.4 cm³/mol. The first-order chi connectivity index (χ1) is 11.3. The molecule has 2 aliphatic carbocycles. The van der Waals surface area contributed by atoms with Gasteiger partial charge in [-0.3, -0.25) is 4.79 Å². The van der Waals surface area contributed by atoms with E-state index < -0.39 is 50.9 Å². The quantitative estimate of drug-likeness (QED) is 0.403. The molecule has 0 aromatic heterocycles. The van der Waals surface area contributed by atoms with Crippen LogP contribution in [-0.4, -0.2) is 47.8 Å². The van der Waals surface area contributed by atoms with Crippen LogP contribution in [0.15, 0.2) is 0 Å². The zero-order valence-electron chi connectivity index (χ0n) is 12.5. The highest BCUT2D eigenvalue weighted by Crippen LogP contribution is 2.52. The van der Waals surface area contributed by atoms with Gasteiger partial charge in [0, 0.05) is 12.8 Å². The lowest BCUT2D eigenvalue weighted by Gasteiger charge is -2.46. The van der Waals surface area contributed by atoms with Gasteiger partial charge in [-0.2, -0.15) is 17.6 Å². The lowest BCUT2D eigenvalue weighted by atomic mass is 9.65. The zero-order valence-corrected chi connectivity index (χ0v) is 13.4. The van der Waals surface area contributed by atoms with E-state index in [4.69, 9.17) is 4.74 Å². The summed E-state index contributed by atoms with van der Waals surface area (Å²) in [6.45, 7) is 0. The van der Waals surface area contributed by atoms with Crippen molar-refractivity contribution < 1.29 is 49.6 Å². The number of esters is 2. The fourth-order valence-corrected chi connectivity index (χ4v) is 4.43. The number of halogens is 4. The van der Waals surface area contributed by atoms with Crippen molar-refractivity contribution in [1.29, 1.82) is 0 Å². The number of alkyl halides is 4. The predicted octanol–water partition coefficient (Wildman–Crippen LogP) is 1.18. The van der Waals surface area contributed by atoms with Gasteiger partial charge in [-0.25, -0.2) is 13.2 Å². The van der Waals surface area contributed by atoms with E-state index in [-0.39, 0.29) is 25.2 Å². The molecule has 2 aliphatic heterocycles. The Morgan fingerprint density at radius 3 is 2.44 bits per heavy atom. The molecule has 12 heteroatoms. The molecule has 0 N–H and O–H groups in total. The summed E-state index contributed by atoms with van der Waals surface area (Å²) in [6, 6.07) is 0. The van der Waals surface area contributed by atoms with Crippen molar-refractivity contribution in [3.05, 3.63) is 0 Å². The molecule has 4 bridgehead atoms. The van der Waals surface area contributed by atoms with Crippen molar-refractivity contribution in [2.24, 2.45) is 11.8 Å². The summed E-state index contributed by atoms with van der Waals surface area (Å²) in [5, 5.41) is -6.15. The van der Waals surface area contributed by atoms with Crippen molar-refractivity contribution in [2.75, 3.05) is 0 Å². The molecule has 7 nitrogen and oxygen atoms in total. The molecule has 2 heterocycles. The molecule has 4 fully saturated rings. The lowest BCUT2D eigenvalue weighted by Crippen LogP contribution is -2.56. The van der Waals surface area contributed by atoms with Crippen LogP contribution in [0.3, 0.4) is 0 Å².